The second-order valence-corrected chi connectivity index (χ2v) is 5.57. The van der Waals surface area contributed by atoms with Crippen molar-refractivity contribution in [3.05, 3.63) is 24.3 Å². The van der Waals surface area contributed by atoms with Crippen LogP contribution in [0, 0.1) is 0 Å². The van der Waals surface area contributed by atoms with Gasteiger partial charge in [0.15, 0.2) is 0 Å². The first-order chi connectivity index (χ1) is 10.1. The number of carbonyl (C=O) groups is 2. The van der Waals surface area contributed by atoms with E-state index in [9.17, 15) is 9.59 Å². The van der Waals surface area contributed by atoms with E-state index in [1.807, 2.05) is 24.3 Å². The van der Waals surface area contributed by atoms with Gasteiger partial charge in [0.1, 0.15) is 0 Å². The number of amides is 3. The molecule has 3 amide bonds. The van der Waals surface area contributed by atoms with E-state index in [0.717, 1.165) is 25.3 Å². The van der Waals surface area contributed by atoms with Crippen molar-refractivity contribution >= 4 is 23.3 Å². The van der Waals surface area contributed by atoms with Crippen LogP contribution < -0.4 is 20.4 Å². The molecule has 0 saturated carbocycles. The van der Waals surface area contributed by atoms with Crippen molar-refractivity contribution in [2.45, 2.75) is 19.4 Å². The minimum atomic E-state index is -0.338. The minimum absolute atomic E-state index is 0.206. The molecule has 21 heavy (non-hydrogen) atoms. The molecule has 2 heterocycles. The summed E-state index contributed by atoms with van der Waals surface area (Å²) in [6.45, 7) is 5.57. The first kappa shape index (κ1) is 13.9. The van der Waals surface area contributed by atoms with Crippen LogP contribution in [0.3, 0.4) is 0 Å². The summed E-state index contributed by atoms with van der Waals surface area (Å²) in [6.07, 6.45) is 0.350. The zero-order chi connectivity index (χ0) is 14.8. The Labute approximate surface area is 124 Å². The van der Waals surface area contributed by atoms with Crippen LogP contribution >= 0.6 is 0 Å². The first-order valence-electron chi connectivity index (χ1n) is 7.33. The first-order valence-corrected chi connectivity index (χ1v) is 7.33. The van der Waals surface area contributed by atoms with Gasteiger partial charge in [-0.2, -0.15) is 0 Å². The molecule has 1 atom stereocenters. The van der Waals surface area contributed by atoms with E-state index in [-0.39, 0.29) is 11.9 Å². The molecule has 2 saturated heterocycles. The van der Waals surface area contributed by atoms with Gasteiger partial charge in [-0.05, 0) is 31.2 Å². The fourth-order valence-corrected chi connectivity index (χ4v) is 2.82. The lowest BCUT2D eigenvalue weighted by Crippen LogP contribution is -2.50. The van der Waals surface area contributed by atoms with E-state index in [0.29, 0.717) is 19.0 Å². The Balaban J connectivity index is 1.72. The highest BCUT2D eigenvalue weighted by atomic mass is 16.2. The van der Waals surface area contributed by atoms with Crippen LogP contribution in [0.2, 0.25) is 0 Å². The maximum Gasteiger partial charge on any atom is 0.328 e. The van der Waals surface area contributed by atoms with Crippen LogP contribution in [0.5, 0.6) is 0 Å². The number of hydrogen-bond donors (Lipinski definition) is 2. The Hall–Kier alpha value is -2.08. The maximum atomic E-state index is 11.8. The van der Waals surface area contributed by atoms with Crippen molar-refractivity contribution in [1.29, 1.82) is 0 Å². The van der Waals surface area contributed by atoms with Crippen molar-refractivity contribution in [3.8, 4) is 0 Å². The van der Waals surface area contributed by atoms with Gasteiger partial charge in [-0.15, -0.1) is 0 Å². The van der Waals surface area contributed by atoms with E-state index in [2.05, 4.69) is 22.5 Å². The van der Waals surface area contributed by atoms with Gasteiger partial charge in [-0.1, -0.05) is 0 Å². The molecule has 2 fully saturated rings. The zero-order valence-corrected chi connectivity index (χ0v) is 12.1. The van der Waals surface area contributed by atoms with Crippen LogP contribution in [0.15, 0.2) is 24.3 Å². The van der Waals surface area contributed by atoms with Gasteiger partial charge in [-0.25, -0.2) is 4.79 Å². The smallest absolute Gasteiger partial charge is 0.328 e. The molecule has 2 aliphatic heterocycles. The molecule has 2 aliphatic rings. The Morgan fingerprint density at radius 2 is 1.81 bits per heavy atom. The standard InChI is InChI=1S/C15H20N4O2/c1-11-10-18(9-7-16-11)12-2-4-13(5-3-12)19-8-6-14(20)17-15(19)21/h2-5,11,16H,6-10H2,1H3,(H,17,20,21)/t11-/m1/s1. The Bertz CT molecular complexity index is 543. The van der Waals surface area contributed by atoms with Gasteiger partial charge in [0.05, 0.1) is 0 Å². The highest BCUT2D eigenvalue weighted by molar-refractivity contribution is 6.05. The molecule has 0 aliphatic carbocycles. The highest BCUT2D eigenvalue weighted by Gasteiger charge is 2.24. The van der Waals surface area contributed by atoms with Crippen LogP contribution in [0.25, 0.3) is 0 Å². The van der Waals surface area contributed by atoms with Crippen LogP contribution in [0.1, 0.15) is 13.3 Å². The monoisotopic (exact) mass is 288 g/mol. The number of benzene rings is 1. The second-order valence-electron chi connectivity index (χ2n) is 5.57. The van der Waals surface area contributed by atoms with E-state index in [4.69, 9.17) is 0 Å². The van der Waals surface area contributed by atoms with Gasteiger partial charge in [-0.3, -0.25) is 15.0 Å². The van der Waals surface area contributed by atoms with E-state index in [1.165, 1.54) is 5.69 Å². The summed E-state index contributed by atoms with van der Waals surface area (Å²) in [7, 11) is 0. The molecule has 2 N–H and O–H groups in total. The quantitative estimate of drug-likeness (QED) is 0.850. The summed E-state index contributed by atoms with van der Waals surface area (Å²) in [4.78, 5) is 26.9. The number of rotatable bonds is 2. The van der Waals surface area contributed by atoms with Gasteiger partial charge in [0.2, 0.25) is 5.91 Å². The Morgan fingerprint density at radius 1 is 1.10 bits per heavy atom. The number of carbonyl (C=O) groups excluding carboxylic acids is 2. The molecular formula is C15H20N4O2. The molecule has 0 radical (unpaired) electrons. The Kier molecular flexibility index (Phi) is 3.79. The predicted octanol–water partition coefficient (Wildman–Crippen LogP) is 0.931. The molecule has 0 spiro atoms. The van der Waals surface area contributed by atoms with E-state index < -0.39 is 0 Å². The van der Waals surface area contributed by atoms with Crippen LogP contribution in [-0.2, 0) is 4.79 Å². The zero-order valence-electron chi connectivity index (χ0n) is 12.1. The summed E-state index contributed by atoms with van der Waals surface area (Å²) in [5.74, 6) is -0.206. The lowest BCUT2D eigenvalue weighted by molar-refractivity contribution is -0.120. The number of piperazine rings is 1. The summed E-state index contributed by atoms with van der Waals surface area (Å²) < 4.78 is 0. The average molecular weight is 288 g/mol. The second kappa shape index (κ2) is 5.73. The molecule has 112 valence electrons. The lowest BCUT2D eigenvalue weighted by Gasteiger charge is -2.34. The summed E-state index contributed by atoms with van der Waals surface area (Å²) in [6, 6.07) is 8.11. The van der Waals surface area contributed by atoms with Gasteiger partial charge >= 0.3 is 6.03 Å². The van der Waals surface area contributed by atoms with Crippen LogP contribution in [-0.4, -0.2) is 44.2 Å². The van der Waals surface area contributed by atoms with Gasteiger partial charge < -0.3 is 10.2 Å². The molecule has 0 unspecified atom stereocenters. The third-order valence-electron chi connectivity index (χ3n) is 3.95. The molecule has 1 aromatic rings. The summed E-state index contributed by atoms with van der Waals surface area (Å²) in [5.41, 5.74) is 1.99. The van der Waals surface area contributed by atoms with Crippen molar-refractivity contribution in [2.75, 3.05) is 36.0 Å². The maximum absolute atomic E-state index is 11.8. The van der Waals surface area contributed by atoms with E-state index in [1.54, 1.807) is 4.90 Å². The van der Waals surface area contributed by atoms with Crippen molar-refractivity contribution in [3.63, 3.8) is 0 Å². The van der Waals surface area contributed by atoms with Gasteiger partial charge in [0, 0.05) is 50.0 Å². The molecule has 3 rings (SSSR count). The number of anilines is 2. The number of hydrogen-bond acceptors (Lipinski definition) is 4. The molecule has 0 aromatic heterocycles. The third-order valence-corrected chi connectivity index (χ3v) is 3.95. The summed E-state index contributed by atoms with van der Waals surface area (Å²) >= 11 is 0. The normalized spacial score (nSPS) is 23.2. The van der Waals surface area contributed by atoms with Gasteiger partial charge in [0.25, 0.3) is 0 Å². The number of imide groups is 1. The topological polar surface area (TPSA) is 64.7 Å². The fraction of sp³-hybridized carbons (Fsp3) is 0.467. The SMILES string of the molecule is C[C@@H]1CN(c2ccc(N3CCC(=O)NC3=O)cc2)CCN1. The largest absolute Gasteiger partial charge is 0.369 e. The predicted molar refractivity (Wildman–Crippen MR) is 81.6 cm³/mol. The average Bonchev–Trinajstić information content (AvgIpc) is 2.47. The molecular weight excluding hydrogens is 268 g/mol. The molecule has 6 nitrogen and oxygen atoms in total. The van der Waals surface area contributed by atoms with Crippen molar-refractivity contribution < 1.29 is 9.59 Å². The Morgan fingerprint density at radius 3 is 2.48 bits per heavy atom. The lowest BCUT2D eigenvalue weighted by atomic mass is 10.2. The summed E-state index contributed by atoms with van der Waals surface area (Å²) in [5, 5.41) is 5.76. The third kappa shape index (κ3) is 3.00. The molecule has 6 heteroatoms. The number of nitrogens with one attached hydrogen (secondary N) is 2. The molecule has 1 aromatic carbocycles. The number of nitrogens with zero attached hydrogens (tertiary/aromatic N) is 2. The molecule has 0 bridgehead atoms. The van der Waals surface area contributed by atoms with E-state index >= 15 is 0 Å². The highest BCUT2D eigenvalue weighted by Crippen LogP contribution is 2.23. The van der Waals surface area contributed by atoms with Crippen molar-refractivity contribution in [2.24, 2.45) is 0 Å². The fourth-order valence-electron chi connectivity index (χ4n) is 2.82. The van der Waals surface area contributed by atoms with Crippen molar-refractivity contribution in [1.82, 2.24) is 10.6 Å². The minimum Gasteiger partial charge on any atom is -0.369 e. The van der Waals surface area contributed by atoms with Crippen LogP contribution in [0.4, 0.5) is 16.2 Å². The number of urea groups is 1.